The number of ether oxygens (including phenoxy) is 1. The smallest absolute Gasteiger partial charge is 0.225 e. The number of rotatable bonds is 6. The molecule has 3 aromatic carbocycles. The predicted molar refractivity (Wildman–Crippen MR) is 104 cm³/mol. The number of aryl methyl sites for hydroxylation is 1. The van der Waals surface area contributed by atoms with Crippen molar-refractivity contribution in [1.82, 2.24) is 5.32 Å². The zero-order chi connectivity index (χ0) is 18.4. The molecule has 0 saturated heterocycles. The summed E-state index contributed by atoms with van der Waals surface area (Å²) >= 11 is 0. The van der Waals surface area contributed by atoms with E-state index in [0.717, 1.165) is 28.0 Å². The zero-order valence-corrected chi connectivity index (χ0v) is 15.1. The van der Waals surface area contributed by atoms with Crippen molar-refractivity contribution in [3.63, 3.8) is 0 Å². The third-order valence-corrected chi connectivity index (χ3v) is 4.50. The standard InChI is InChI=1S/C23H23NO2/c1-17-8-6-7-11-20(17)16-22(25)24-23(18-9-4-3-5-10-18)19-12-14-21(26-2)15-13-19/h3-15,23H,16H2,1-2H3,(H,24,25). The number of carbonyl (C=O) groups is 1. The average molecular weight is 345 g/mol. The molecular weight excluding hydrogens is 322 g/mol. The van der Waals surface area contributed by atoms with E-state index in [2.05, 4.69) is 5.32 Å². The summed E-state index contributed by atoms with van der Waals surface area (Å²) < 4.78 is 5.24. The van der Waals surface area contributed by atoms with E-state index in [-0.39, 0.29) is 11.9 Å². The summed E-state index contributed by atoms with van der Waals surface area (Å²) in [7, 11) is 1.65. The van der Waals surface area contributed by atoms with Gasteiger partial charge in [-0.1, -0.05) is 66.7 Å². The van der Waals surface area contributed by atoms with Crippen LogP contribution >= 0.6 is 0 Å². The van der Waals surface area contributed by atoms with Gasteiger partial charge >= 0.3 is 0 Å². The van der Waals surface area contributed by atoms with Crippen molar-refractivity contribution in [2.24, 2.45) is 0 Å². The Bertz CT molecular complexity index is 857. The van der Waals surface area contributed by atoms with Gasteiger partial charge in [0.25, 0.3) is 0 Å². The number of carbonyl (C=O) groups excluding carboxylic acids is 1. The van der Waals surface area contributed by atoms with Gasteiger partial charge in [-0.15, -0.1) is 0 Å². The van der Waals surface area contributed by atoms with Crippen LogP contribution in [0.15, 0.2) is 78.9 Å². The van der Waals surface area contributed by atoms with Crippen molar-refractivity contribution >= 4 is 5.91 Å². The molecule has 0 aromatic heterocycles. The molecule has 3 nitrogen and oxygen atoms in total. The van der Waals surface area contributed by atoms with E-state index in [4.69, 9.17) is 4.74 Å². The molecule has 3 heteroatoms. The highest BCUT2D eigenvalue weighted by Gasteiger charge is 2.17. The molecule has 1 atom stereocenters. The normalized spacial score (nSPS) is 11.6. The number of nitrogens with one attached hydrogen (secondary N) is 1. The topological polar surface area (TPSA) is 38.3 Å². The van der Waals surface area contributed by atoms with Crippen LogP contribution in [0.1, 0.15) is 28.3 Å². The van der Waals surface area contributed by atoms with E-state index >= 15 is 0 Å². The fourth-order valence-electron chi connectivity index (χ4n) is 2.99. The van der Waals surface area contributed by atoms with Gasteiger partial charge in [-0.25, -0.2) is 0 Å². The van der Waals surface area contributed by atoms with Crippen molar-refractivity contribution in [3.05, 3.63) is 101 Å². The SMILES string of the molecule is COc1ccc(C(NC(=O)Cc2ccccc2C)c2ccccc2)cc1. The van der Waals surface area contributed by atoms with Crippen LogP contribution < -0.4 is 10.1 Å². The molecule has 0 aliphatic rings. The lowest BCUT2D eigenvalue weighted by Gasteiger charge is -2.20. The molecular formula is C23H23NO2. The first-order valence-corrected chi connectivity index (χ1v) is 8.70. The zero-order valence-electron chi connectivity index (χ0n) is 15.1. The van der Waals surface area contributed by atoms with E-state index < -0.39 is 0 Å². The Hall–Kier alpha value is -3.07. The Labute approximate surface area is 154 Å². The number of benzene rings is 3. The van der Waals surface area contributed by atoms with Crippen molar-refractivity contribution in [2.75, 3.05) is 7.11 Å². The van der Waals surface area contributed by atoms with Gasteiger partial charge in [0.1, 0.15) is 5.75 Å². The summed E-state index contributed by atoms with van der Waals surface area (Å²) in [6.07, 6.45) is 0.367. The van der Waals surface area contributed by atoms with Gasteiger partial charge < -0.3 is 10.1 Å². The summed E-state index contributed by atoms with van der Waals surface area (Å²) in [5.41, 5.74) is 4.25. The van der Waals surface area contributed by atoms with Crippen molar-refractivity contribution in [1.29, 1.82) is 0 Å². The molecule has 0 bridgehead atoms. The fourth-order valence-corrected chi connectivity index (χ4v) is 2.99. The van der Waals surface area contributed by atoms with E-state index in [9.17, 15) is 4.79 Å². The van der Waals surface area contributed by atoms with Crippen LogP contribution in [0.3, 0.4) is 0 Å². The Balaban J connectivity index is 1.83. The van der Waals surface area contributed by atoms with Crippen LogP contribution in [-0.4, -0.2) is 13.0 Å². The van der Waals surface area contributed by atoms with Gasteiger partial charge in [-0.2, -0.15) is 0 Å². The van der Waals surface area contributed by atoms with Gasteiger partial charge in [0.05, 0.1) is 19.6 Å². The van der Waals surface area contributed by atoms with Crippen molar-refractivity contribution in [3.8, 4) is 5.75 Å². The van der Waals surface area contributed by atoms with Gasteiger partial charge in [0, 0.05) is 0 Å². The van der Waals surface area contributed by atoms with Crippen molar-refractivity contribution < 1.29 is 9.53 Å². The van der Waals surface area contributed by atoms with E-state index in [1.165, 1.54) is 0 Å². The molecule has 0 spiro atoms. The second-order valence-electron chi connectivity index (χ2n) is 6.29. The Morgan fingerprint density at radius 2 is 1.50 bits per heavy atom. The summed E-state index contributed by atoms with van der Waals surface area (Å²) in [6.45, 7) is 2.03. The Morgan fingerprint density at radius 1 is 0.885 bits per heavy atom. The minimum absolute atomic E-state index is 0.00368. The molecule has 0 radical (unpaired) electrons. The number of hydrogen-bond donors (Lipinski definition) is 1. The van der Waals surface area contributed by atoms with Crippen LogP contribution in [0.25, 0.3) is 0 Å². The Morgan fingerprint density at radius 3 is 2.15 bits per heavy atom. The maximum atomic E-state index is 12.7. The van der Waals surface area contributed by atoms with Gasteiger partial charge in [-0.3, -0.25) is 4.79 Å². The molecule has 0 fully saturated rings. The maximum absolute atomic E-state index is 12.7. The van der Waals surface area contributed by atoms with Crippen molar-refractivity contribution in [2.45, 2.75) is 19.4 Å². The Kier molecular flexibility index (Phi) is 5.69. The minimum Gasteiger partial charge on any atom is -0.497 e. The number of hydrogen-bond acceptors (Lipinski definition) is 2. The summed E-state index contributed by atoms with van der Waals surface area (Å²) in [4.78, 5) is 12.7. The monoisotopic (exact) mass is 345 g/mol. The molecule has 1 amide bonds. The molecule has 3 aromatic rings. The summed E-state index contributed by atoms with van der Waals surface area (Å²) in [5, 5.41) is 3.18. The fraction of sp³-hybridized carbons (Fsp3) is 0.174. The molecule has 0 aliphatic heterocycles. The third kappa shape index (κ3) is 4.31. The lowest BCUT2D eigenvalue weighted by Crippen LogP contribution is -2.30. The lowest BCUT2D eigenvalue weighted by atomic mass is 9.98. The second-order valence-corrected chi connectivity index (χ2v) is 6.29. The molecule has 26 heavy (non-hydrogen) atoms. The predicted octanol–water partition coefficient (Wildman–Crippen LogP) is 4.45. The van der Waals surface area contributed by atoms with Crippen LogP contribution in [0.2, 0.25) is 0 Å². The van der Waals surface area contributed by atoms with Crippen LogP contribution in [-0.2, 0) is 11.2 Å². The minimum atomic E-state index is -0.196. The van der Waals surface area contributed by atoms with Crippen LogP contribution in [0, 0.1) is 6.92 Å². The highest BCUT2D eigenvalue weighted by atomic mass is 16.5. The van der Waals surface area contributed by atoms with Gasteiger partial charge in [-0.05, 0) is 41.3 Å². The van der Waals surface area contributed by atoms with E-state index in [1.807, 2.05) is 85.8 Å². The molecule has 1 unspecified atom stereocenters. The molecule has 1 N–H and O–H groups in total. The second kappa shape index (κ2) is 8.34. The first kappa shape index (κ1) is 17.7. The maximum Gasteiger partial charge on any atom is 0.225 e. The molecule has 0 aliphatic carbocycles. The first-order valence-electron chi connectivity index (χ1n) is 8.70. The average Bonchev–Trinajstić information content (AvgIpc) is 2.69. The molecule has 3 rings (SSSR count). The van der Waals surface area contributed by atoms with E-state index in [1.54, 1.807) is 7.11 Å². The summed E-state index contributed by atoms with van der Waals surface area (Å²) in [6, 6.07) is 25.6. The first-order chi connectivity index (χ1) is 12.7. The highest BCUT2D eigenvalue weighted by Crippen LogP contribution is 2.24. The van der Waals surface area contributed by atoms with Gasteiger partial charge in [0.2, 0.25) is 5.91 Å². The third-order valence-electron chi connectivity index (χ3n) is 4.50. The van der Waals surface area contributed by atoms with Gasteiger partial charge in [0.15, 0.2) is 0 Å². The van der Waals surface area contributed by atoms with Crippen LogP contribution in [0.5, 0.6) is 5.75 Å². The molecule has 0 saturated carbocycles. The molecule has 0 heterocycles. The summed E-state index contributed by atoms with van der Waals surface area (Å²) in [5.74, 6) is 0.802. The molecule has 132 valence electrons. The number of methoxy groups -OCH3 is 1. The van der Waals surface area contributed by atoms with Crippen LogP contribution in [0.4, 0.5) is 0 Å². The quantitative estimate of drug-likeness (QED) is 0.717. The van der Waals surface area contributed by atoms with E-state index in [0.29, 0.717) is 6.42 Å². The largest absolute Gasteiger partial charge is 0.497 e. The lowest BCUT2D eigenvalue weighted by molar-refractivity contribution is -0.120. The highest BCUT2D eigenvalue weighted by molar-refractivity contribution is 5.79. The number of amides is 1.